The molecule has 0 aliphatic heterocycles. The summed E-state index contributed by atoms with van der Waals surface area (Å²) in [7, 11) is 0. The topological polar surface area (TPSA) is 9.23 Å². The van der Waals surface area contributed by atoms with E-state index in [-0.39, 0.29) is 0 Å². The van der Waals surface area contributed by atoms with Crippen LogP contribution in [-0.2, 0) is 4.74 Å². The van der Waals surface area contributed by atoms with Crippen molar-refractivity contribution in [3.8, 4) is 0 Å². The van der Waals surface area contributed by atoms with Crippen LogP contribution < -0.4 is 0 Å². The van der Waals surface area contributed by atoms with Crippen LogP contribution in [-0.4, -0.2) is 17.0 Å². The van der Waals surface area contributed by atoms with E-state index in [0.29, 0.717) is 17.9 Å². The second-order valence-corrected chi connectivity index (χ2v) is 5.18. The molecule has 1 nitrogen and oxygen atoms in total. The minimum absolute atomic E-state index is 0.323. The van der Waals surface area contributed by atoms with Crippen LogP contribution in [0.4, 0.5) is 0 Å². The van der Waals surface area contributed by atoms with Crippen molar-refractivity contribution < 1.29 is 4.74 Å². The normalized spacial score (nSPS) is 43.8. The third-order valence-corrected chi connectivity index (χ3v) is 4.11. The zero-order valence-electron chi connectivity index (χ0n) is 7.22. The quantitative estimate of drug-likeness (QED) is 0.635. The van der Waals surface area contributed by atoms with E-state index in [4.69, 9.17) is 27.9 Å². The van der Waals surface area contributed by atoms with Crippen molar-refractivity contribution in [1.29, 1.82) is 0 Å². The predicted octanol–water partition coefficient (Wildman–Crippen LogP) is 3.00. The minimum Gasteiger partial charge on any atom is -0.378 e. The lowest BCUT2D eigenvalue weighted by Gasteiger charge is -2.20. The highest BCUT2D eigenvalue weighted by Crippen LogP contribution is 2.65. The standard InChI is InChI=1S/C9H14Cl2O/c1-2-12-7-5-3-4-6-8(7)9(6,10)11/h6-8H,2-5H2,1H3. The molecule has 0 spiro atoms. The molecule has 0 bridgehead atoms. The number of ether oxygens (including phenoxy) is 1. The number of alkyl halides is 2. The van der Waals surface area contributed by atoms with Gasteiger partial charge in [0, 0.05) is 18.4 Å². The maximum absolute atomic E-state index is 6.13. The first kappa shape index (κ1) is 9.11. The molecule has 0 radical (unpaired) electrons. The van der Waals surface area contributed by atoms with Crippen LogP contribution in [0.5, 0.6) is 0 Å². The number of hydrogen-bond donors (Lipinski definition) is 0. The van der Waals surface area contributed by atoms with Crippen LogP contribution in [0.3, 0.4) is 0 Å². The molecule has 70 valence electrons. The highest BCUT2D eigenvalue weighted by Gasteiger charge is 2.67. The third-order valence-electron chi connectivity index (χ3n) is 3.05. The van der Waals surface area contributed by atoms with Crippen LogP contribution in [0, 0.1) is 11.8 Å². The van der Waals surface area contributed by atoms with E-state index in [1.54, 1.807) is 0 Å². The molecule has 0 amide bonds. The van der Waals surface area contributed by atoms with Gasteiger partial charge < -0.3 is 4.74 Å². The van der Waals surface area contributed by atoms with Crippen molar-refractivity contribution in [3.05, 3.63) is 0 Å². The number of fused-ring (bicyclic) bond motifs is 1. The fourth-order valence-electron chi connectivity index (χ4n) is 2.41. The molecule has 2 saturated carbocycles. The first-order chi connectivity index (χ1) is 5.68. The van der Waals surface area contributed by atoms with Gasteiger partial charge in [-0.15, -0.1) is 23.2 Å². The van der Waals surface area contributed by atoms with E-state index in [9.17, 15) is 0 Å². The number of rotatable bonds is 2. The molecule has 2 rings (SSSR count). The van der Waals surface area contributed by atoms with E-state index in [1.807, 2.05) is 6.92 Å². The average molecular weight is 209 g/mol. The van der Waals surface area contributed by atoms with Gasteiger partial charge in [-0.3, -0.25) is 0 Å². The van der Waals surface area contributed by atoms with Crippen molar-refractivity contribution >= 4 is 23.2 Å². The highest BCUT2D eigenvalue weighted by atomic mass is 35.5. The van der Waals surface area contributed by atoms with Gasteiger partial charge in [0.1, 0.15) is 4.33 Å². The van der Waals surface area contributed by atoms with Crippen molar-refractivity contribution in [2.45, 2.75) is 36.6 Å². The third kappa shape index (κ3) is 1.26. The van der Waals surface area contributed by atoms with Crippen molar-refractivity contribution in [3.63, 3.8) is 0 Å². The smallest absolute Gasteiger partial charge is 0.127 e. The van der Waals surface area contributed by atoms with Crippen molar-refractivity contribution in [1.82, 2.24) is 0 Å². The average Bonchev–Trinajstić information content (AvgIpc) is 2.57. The molecule has 2 aliphatic carbocycles. The summed E-state index contributed by atoms with van der Waals surface area (Å²) in [6, 6.07) is 0. The molecule has 2 aliphatic rings. The molecule has 0 saturated heterocycles. The van der Waals surface area contributed by atoms with Gasteiger partial charge in [-0.1, -0.05) is 6.42 Å². The molecule has 0 heterocycles. The van der Waals surface area contributed by atoms with E-state index in [2.05, 4.69) is 0 Å². The largest absolute Gasteiger partial charge is 0.378 e. The zero-order valence-corrected chi connectivity index (χ0v) is 8.74. The molecule has 3 atom stereocenters. The Morgan fingerprint density at radius 1 is 1.42 bits per heavy atom. The van der Waals surface area contributed by atoms with Crippen molar-refractivity contribution in [2.24, 2.45) is 11.8 Å². The Hall–Kier alpha value is 0.540. The van der Waals surface area contributed by atoms with Crippen molar-refractivity contribution in [2.75, 3.05) is 6.61 Å². The summed E-state index contributed by atoms with van der Waals surface area (Å²) in [4.78, 5) is 0. The lowest BCUT2D eigenvalue weighted by molar-refractivity contribution is 0.0257. The summed E-state index contributed by atoms with van der Waals surface area (Å²) >= 11 is 12.3. The Bertz CT molecular complexity index is 179. The SMILES string of the molecule is CCOC1CCCC2C1C2(Cl)Cl. The summed E-state index contributed by atoms with van der Waals surface area (Å²) in [5.74, 6) is 0.917. The predicted molar refractivity (Wildman–Crippen MR) is 50.7 cm³/mol. The molecular formula is C9H14Cl2O. The van der Waals surface area contributed by atoms with Crippen LogP contribution in [0.15, 0.2) is 0 Å². The van der Waals surface area contributed by atoms with Crippen LogP contribution in [0.1, 0.15) is 26.2 Å². The Balaban J connectivity index is 1.99. The summed E-state index contributed by atoms with van der Waals surface area (Å²) < 4.78 is 5.14. The van der Waals surface area contributed by atoms with Gasteiger partial charge >= 0.3 is 0 Å². The van der Waals surface area contributed by atoms with Crippen LogP contribution in [0.2, 0.25) is 0 Å². The van der Waals surface area contributed by atoms with Gasteiger partial charge in [0.2, 0.25) is 0 Å². The van der Waals surface area contributed by atoms with E-state index >= 15 is 0 Å². The van der Waals surface area contributed by atoms with E-state index in [1.165, 1.54) is 12.8 Å². The zero-order chi connectivity index (χ0) is 8.77. The Morgan fingerprint density at radius 2 is 2.17 bits per heavy atom. The monoisotopic (exact) mass is 208 g/mol. The Kier molecular flexibility index (Phi) is 2.31. The summed E-state index contributed by atoms with van der Waals surface area (Å²) in [6.07, 6.45) is 3.86. The van der Waals surface area contributed by atoms with Gasteiger partial charge in [-0.25, -0.2) is 0 Å². The molecule has 0 aromatic heterocycles. The van der Waals surface area contributed by atoms with Gasteiger partial charge in [-0.05, 0) is 19.8 Å². The molecule has 0 aromatic rings. The maximum atomic E-state index is 6.13. The second kappa shape index (κ2) is 3.04. The molecule has 0 aromatic carbocycles. The van der Waals surface area contributed by atoms with Gasteiger partial charge in [-0.2, -0.15) is 0 Å². The number of halogens is 2. The highest BCUT2D eigenvalue weighted by molar-refractivity contribution is 6.51. The molecule has 0 N–H and O–H groups in total. The van der Waals surface area contributed by atoms with Crippen LogP contribution in [0.25, 0.3) is 0 Å². The Labute approximate surface area is 83.4 Å². The summed E-state index contributed by atoms with van der Waals surface area (Å²) in [5, 5.41) is 0. The molecule has 3 heteroatoms. The fourth-order valence-corrected chi connectivity index (χ4v) is 3.36. The summed E-state index contributed by atoms with van der Waals surface area (Å²) in [6.45, 7) is 2.80. The van der Waals surface area contributed by atoms with Gasteiger partial charge in [0.15, 0.2) is 0 Å². The first-order valence-corrected chi connectivity index (χ1v) is 5.43. The molecule has 12 heavy (non-hydrogen) atoms. The van der Waals surface area contributed by atoms with Crippen LogP contribution >= 0.6 is 23.2 Å². The van der Waals surface area contributed by atoms with E-state index < -0.39 is 4.33 Å². The van der Waals surface area contributed by atoms with Gasteiger partial charge in [0.05, 0.1) is 6.10 Å². The minimum atomic E-state index is -0.462. The maximum Gasteiger partial charge on any atom is 0.127 e. The van der Waals surface area contributed by atoms with E-state index in [0.717, 1.165) is 13.0 Å². The second-order valence-electron chi connectivity index (χ2n) is 3.73. The molecule has 2 fully saturated rings. The van der Waals surface area contributed by atoms with Gasteiger partial charge in [0.25, 0.3) is 0 Å². The molecular weight excluding hydrogens is 195 g/mol. The summed E-state index contributed by atoms with van der Waals surface area (Å²) in [5.41, 5.74) is 0. The first-order valence-electron chi connectivity index (χ1n) is 4.67. The number of hydrogen-bond acceptors (Lipinski definition) is 1. The Morgan fingerprint density at radius 3 is 2.83 bits per heavy atom. The molecule has 3 unspecified atom stereocenters. The fraction of sp³-hybridized carbons (Fsp3) is 1.00. The lowest BCUT2D eigenvalue weighted by atomic mass is 9.98. The lowest BCUT2D eigenvalue weighted by Crippen LogP contribution is -2.20.